The molecule has 0 radical (unpaired) electrons. The number of halogens is 2. The van der Waals surface area contributed by atoms with Crippen LogP contribution >= 0.6 is 11.6 Å². The quantitative estimate of drug-likeness (QED) is 0.734. The molecule has 0 saturated heterocycles. The topological polar surface area (TPSA) is 71.2 Å². The molecular weight excluding hydrogens is 405 g/mol. The van der Waals surface area contributed by atoms with Crippen molar-refractivity contribution in [1.82, 2.24) is 10.3 Å². The average Bonchev–Trinajstić information content (AvgIpc) is 2.75. The zero-order valence-electron chi connectivity index (χ0n) is 17.1. The molecule has 1 N–H and O–H groups in total. The minimum absolute atomic E-state index is 0.352. The van der Waals surface area contributed by atoms with Crippen molar-refractivity contribution in [3.63, 3.8) is 0 Å². The number of aromatic nitrogens is 1. The third-order valence-corrected chi connectivity index (χ3v) is 4.91. The van der Waals surface area contributed by atoms with Crippen LogP contribution in [0, 0.1) is 12.7 Å². The van der Waals surface area contributed by atoms with Gasteiger partial charge in [0.05, 0.1) is 12.1 Å². The Morgan fingerprint density at radius 1 is 1.17 bits per heavy atom. The molecule has 1 aromatic carbocycles. The molecule has 0 fully saturated rings. The van der Waals surface area contributed by atoms with Gasteiger partial charge in [0, 0.05) is 43.2 Å². The molecule has 8 heteroatoms. The van der Waals surface area contributed by atoms with E-state index in [-0.39, 0.29) is 5.82 Å². The fraction of sp³-hybridized carbons (Fsp3) is 0.182. The van der Waals surface area contributed by atoms with Gasteiger partial charge in [-0.3, -0.25) is 15.0 Å². The number of nitrogens with zero attached hydrogens (tertiary/aromatic N) is 4. The summed E-state index contributed by atoms with van der Waals surface area (Å²) in [6.45, 7) is 5.23. The molecular formula is C22H21ClFN5O. The number of nitrogens with one attached hydrogen (secondary N) is 1. The molecule has 1 aromatic heterocycles. The first-order valence-electron chi connectivity index (χ1n) is 9.02. The van der Waals surface area contributed by atoms with E-state index >= 15 is 0 Å². The van der Waals surface area contributed by atoms with Crippen LogP contribution in [-0.4, -0.2) is 44.6 Å². The monoisotopic (exact) mass is 425 g/mol. The fourth-order valence-corrected chi connectivity index (χ4v) is 3.38. The van der Waals surface area contributed by atoms with Crippen LogP contribution in [-0.2, 0) is 0 Å². The minimum Gasteiger partial charge on any atom is -0.481 e. The Morgan fingerprint density at radius 2 is 1.90 bits per heavy atom. The Hall–Kier alpha value is -3.32. The van der Waals surface area contributed by atoms with Crippen LogP contribution in [0.1, 0.15) is 11.1 Å². The van der Waals surface area contributed by atoms with Gasteiger partial charge >= 0.3 is 0 Å². The van der Waals surface area contributed by atoms with E-state index in [9.17, 15) is 4.39 Å². The summed E-state index contributed by atoms with van der Waals surface area (Å²) in [5.41, 5.74) is 3.71. The van der Waals surface area contributed by atoms with Crippen molar-refractivity contribution in [1.29, 1.82) is 0 Å². The predicted octanol–water partition coefficient (Wildman–Crippen LogP) is 4.49. The third-order valence-electron chi connectivity index (χ3n) is 4.70. The first-order chi connectivity index (χ1) is 14.4. The number of benzene rings is 1. The summed E-state index contributed by atoms with van der Waals surface area (Å²) >= 11 is 6.13. The van der Waals surface area contributed by atoms with Crippen molar-refractivity contribution < 1.29 is 9.13 Å². The zero-order valence-corrected chi connectivity index (χ0v) is 17.9. The molecule has 0 bridgehead atoms. The van der Waals surface area contributed by atoms with Gasteiger partial charge in [0.25, 0.3) is 0 Å². The molecule has 0 amide bonds. The normalized spacial score (nSPS) is 17.8. The smallest absolute Gasteiger partial charge is 0.221 e. The maximum atomic E-state index is 15.0. The van der Waals surface area contributed by atoms with Gasteiger partial charge in [-0.25, -0.2) is 9.37 Å². The van der Waals surface area contributed by atoms with Crippen molar-refractivity contribution in [3.05, 3.63) is 64.2 Å². The lowest BCUT2D eigenvalue weighted by Crippen LogP contribution is -2.36. The van der Waals surface area contributed by atoms with Gasteiger partial charge in [0.15, 0.2) is 0 Å². The summed E-state index contributed by atoms with van der Waals surface area (Å²) in [6, 6.07) is 4.99. The molecule has 1 aliphatic heterocycles. The van der Waals surface area contributed by atoms with Gasteiger partial charge in [-0.2, -0.15) is 0 Å². The van der Waals surface area contributed by atoms with Gasteiger partial charge < -0.3 is 10.1 Å². The van der Waals surface area contributed by atoms with E-state index in [2.05, 4.69) is 32.0 Å². The van der Waals surface area contributed by atoms with Crippen LogP contribution in [0.25, 0.3) is 16.7 Å². The first-order valence-corrected chi connectivity index (χ1v) is 9.40. The lowest BCUT2D eigenvalue weighted by atomic mass is 9.91. The summed E-state index contributed by atoms with van der Waals surface area (Å²) in [5.74, 6) is 1.14. The molecule has 3 rings (SSSR count). The highest BCUT2D eigenvalue weighted by atomic mass is 35.5. The molecule has 6 nitrogen and oxygen atoms in total. The summed E-state index contributed by atoms with van der Waals surface area (Å²) in [6.07, 6.45) is 4.92. The van der Waals surface area contributed by atoms with Gasteiger partial charge in [-0.05, 0) is 54.6 Å². The maximum absolute atomic E-state index is 15.0. The first kappa shape index (κ1) is 21.4. The largest absolute Gasteiger partial charge is 0.481 e. The molecule has 2 aromatic rings. The molecule has 0 saturated carbocycles. The molecule has 30 heavy (non-hydrogen) atoms. The molecule has 0 unspecified atom stereocenters. The van der Waals surface area contributed by atoms with Crippen molar-refractivity contribution in [3.8, 4) is 17.0 Å². The highest BCUT2D eigenvalue weighted by molar-refractivity contribution is 6.33. The summed E-state index contributed by atoms with van der Waals surface area (Å²) in [4.78, 5) is 16.6. The van der Waals surface area contributed by atoms with Crippen molar-refractivity contribution in [2.45, 2.75) is 6.92 Å². The number of pyridine rings is 1. The maximum Gasteiger partial charge on any atom is 0.221 e. The fourth-order valence-electron chi connectivity index (χ4n) is 3.22. The molecule has 0 aliphatic carbocycles. The number of amidine groups is 2. The van der Waals surface area contributed by atoms with E-state index in [0.29, 0.717) is 56.0 Å². The Kier molecular flexibility index (Phi) is 6.42. The van der Waals surface area contributed by atoms with Gasteiger partial charge in [-0.15, -0.1) is 0 Å². The molecule has 1 aliphatic rings. The van der Waals surface area contributed by atoms with E-state index < -0.39 is 0 Å². The number of hydrogen-bond acceptors (Lipinski definition) is 5. The molecule has 154 valence electrons. The second-order valence-corrected chi connectivity index (χ2v) is 6.87. The Labute approximate surface area is 179 Å². The second kappa shape index (κ2) is 9.00. The minimum atomic E-state index is -0.372. The summed E-state index contributed by atoms with van der Waals surface area (Å²) in [7, 11) is 4.82. The van der Waals surface area contributed by atoms with Crippen LogP contribution < -0.4 is 10.1 Å². The number of ether oxygens (including phenoxy) is 1. The summed E-state index contributed by atoms with van der Waals surface area (Å²) < 4.78 is 20.3. The van der Waals surface area contributed by atoms with Crippen LogP contribution in [0.15, 0.2) is 57.2 Å². The van der Waals surface area contributed by atoms with E-state index in [1.54, 1.807) is 33.3 Å². The van der Waals surface area contributed by atoms with Crippen LogP contribution in [0.2, 0.25) is 5.02 Å². The van der Waals surface area contributed by atoms with E-state index in [0.717, 1.165) is 0 Å². The average molecular weight is 426 g/mol. The van der Waals surface area contributed by atoms with Crippen molar-refractivity contribution >= 4 is 35.6 Å². The lowest BCUT2D eigenvalue weighted by Gasteiger charge is -2.23. The third kappa shape index (κ3) is 4.02. The Balaban J connectivity index is 2.28. The number of aliphatic imine (C=N–C) groups is 3. The van der Waals surface area contributed by atoms with Gasteiger partial charge in [0.1, 0.15) is 17.5 Å². The molecule has 0 atom stereocenters. The number of methoxy groups -OCH3 is 1. The lowest BCUT2D eigenvalue weighted by molar-refractivity contribution is 0.399. The van der Waals surface area contributed by atoms with Crippen molar-refractivity contribution in [2.24, 2.45) is 15.0 Å². The molecule has 2 heterocycles. The van der Waals surface area contributed by atoms with Crippen LogP contribution in [0.4, 0.5) is 4.39 Å². The van der Waals surface area contributed by atoms with Crippen LogP contribution in [0.3, 0.4) is 0 Å². The zero-order chi connectivity index (χ0) is 21.8. The van der Waals surface area contributed by atoms with E-state index in [1.165, 1.54) is 19.4 Å². The van der Waals surface area contributed by atoms with Gasteiger partial charge in [-0.1, -0.05) is 11.6 Å². The van der Waals surface area contributed by atoms with E-state index in [1.807, 2.05) is 12.1 Å². The summed E-state index contributed by atoms with van der Waals surface area (Å²) in [5, 5.41) is 3.59. The van der Waals surface area contributed by atoms with E-state index in [4.69, 9.17) is 16.3 Å². The Morgan fingerprint density at radius 3 is 2.53 bits per heavy atom. The standard InChI is InChI=1S/C22H21ClFN5O/c1-12-16(18-7-14(10-25-2)20(26-3)29-21(18)27-4)6-13(8-19(12)24)17-9-15(23)11-28-22(17)30-5/h6-11H,2H2,1,3-5H3,(H,26,27,29)/b14-10-. The van der Waals surface area contributed by atoms with Crippen LogP contribution in [0.5, 0.6) is 5.88 Å². The SMILES string of the molecule is C=N/C=C1/C=C(c2cc(-c3cc(Cl)cnc3OC)cc(F)c2C)C(=NC)NC1=NC. The predicted molar refractivity (Wildman–Crippen MR) is 121 cm³/mol. The van der Waals surface area contributed by atoms with Crippen molar-refractivity contribution in [2.75, 3.05) is 21.2 Å². The Bertz CT molecular complexity index is 1130. The second-order valence-electron chi connectivity index (χ2n) is 6.44. The number of rotatable bonds is 4. The highest BCUT2D eigenvalue weighted by Gasteiger charge is 2.23. The highest BCUT2D eigenvalue weighted by Crippen LogP contribution is 2.35. The van der Waals surface area contributed by atoms with Gasteiger partial charge in [0.2, 0.25) is 5.88 Å². The number of hydrogen-bond donors (Lipinski definition) is 1. The molecule has 0 spiro atoms.